The summed E-state index contributed by atoms with van der Waals surface area (Å²) in [7, 11) is 0. The topological polar surface area (TPSA) is 38.3 Å². The lowest BCUT2D eigenvalue weighted by Crippen LogP contribution is -2.32. The van der Waals surface area contributed by atoms with Crippen molar-refractivity contribution in [2.24, 2.45) is 0 Å². The maximum atomic E-state index is 11.1. The maximum Gasteiger partial charge on any atom is 0.222 e. The molecule has 1 N–H and O–H groups in total. The second-order valence-corrected chi connectivity index (χ2v) is 2.82. The number of hydrogen-bond donors (Lipinski definition) is 1. The van der Waals surface area contributed by atoms with Crippen LogP contribution in [0.25, 0.3) is 0 Å². The van der Waals surface area contributed by atoms with Crippen LogP contribution in [0.3, 0.4) is 0 Å². The first-order valence-corrected chi connectivity index (χ1v) is 4.57. The Kier molecular flexibility index (Phi) is 6.76. The van der Waals surface area contributed by atoms with Gasteiger partial charge in [-0.3, -0.25) is 4.79 Å². The van der Waals surface area contributed by atoms with Crippen molar-refractivity contribution in [2.75, 3.05) is 13.2 Å². The quantitative estimate of drug-likeness (QED) is 0.615. The molecule has 1 atom stereocenters. The minimum Gasteiger partial charge on any atom is -0.381 e. The Morgan fingerprint density at radius 2 is 2.17 bits per heavy atom. The number of nitrogens with one attached hydrogen (secondary N) is 1. The van der Waals surface area contributed by atoms with E-state index in [0.29, 0.717) is 19.6 Å². The average Bonchev–Trinajstić information content (AvgIpc) is 2.05. The number of carbonyl (C=O) groups excluding carboxylic acids is 1. The third kappa shape index (κ3) is 6.16. The van der Waals surface area contributed by atoms with E-state index in [1.54, 1.807) is 0 Å². The third-order valence-electron chi connectivity index (χ3n) is 1.70. The highest BCUT2D eigenvalue weighted by atomic mass is 16.5. The lowest BCUT2D eigenvalue weighted by Gasteiger charge is -2.10. The van der Waals surface area contributed by atoms with Gasteiger partial charge in [0.2, 0.25) is 5.91 Å². The Labute approximate surface area is 74.5 Å². The van der Waals surface area contributed by atoms with Crippen LogP contribution in [-0.4, -0.2) is 25.2 Å². The van der Waals surface area contributed by atoms with Crippen molar-refractivity contribution in [2.45, 2.75) is 39.7 Å². The summed E-state index contributed by atoms with van der Waals surface area (Å²) < 4.78 is 5.06. The lowest BCUT2D eigenvalue weighted by atomic mass is 10.2. The van der Waals surface area contributed by atoms with Gasteiger partial charge in [0.15, 0.2) is 0 Å². The Balaban J connectivity index is 3.33. The summed E-state index contributed by atoms with van der Waals surface area (Å²) in [6, 6.07) is 0.277. The van der Waals surface area contributed by atoms with Gasteiger partial charge in [-0.25, -0.2) is 0 Å². The monoisotopic (exact) mass is 173 g/mol. The average molecular weight is 173 g/mol. The summed E-state index contributed by atoms with van der Waals surface area (Å²) in [5, 5.41) is 2.87. The van der Waals surface area contributed by atoms with Crippen LogP contribution in [0.2, 0.25) is 0 Å². The van der Waals surface area contributed by atoms with Crippen molar-refractivity contribution in [3.63, 3.8) is 0 Å². The molecule has 0 aromatic carbocycles. The number of amides is 1. The van der Waals surface area contributed by atoms with Crippen molar-refractivity contribution in [3.8, 4) is 0 Å². The molecule has 1 unspecified atom stereocenters. The van der Waals surface area contributed by atoms with Gasteiger partial charge < -0.3 is 10.1 Å². The van der Waals surface area contributed by atoms with E-state index < -0.39 is 0 Å². The highest BCUT2D eigenvalue weighted by Gasteiger charge is 2.03. The van der Waals surface area contributed by atoms with Crippen molar-refractivity contribution in [1.82, 2.24) is 5.32 Å². The number of rotatable bonds is 6. The minimum atomic E-state index is 0.0813. The molecular weight excluding hydrogens is 154 g/mol. The summed E-state index contributed by atoms with van der Waals surface area (Å²) in [6.07, 6.45) is 1.44. The van der Waals surface area contributed by atoms with E-state index in [4.69, 9.17) is 4.74 Å². The molecule has 1 amide bonds. The van der Waals surface area contributed by atoms with Gasteiger partial charge in [0.1, 0.15) is 0 Å². The van der Waals surface area contributed by atoms with Crippen molar-refractivity contribution >= 4 is 5.91 Å². The van der Waals surface area contributed by atoms with Gasteiger partial charge in [-0.05, 0) is 20.3 Å². The molecule has 12 heavy (non-hydrogen) atoms. The highest BCUT2D eigenvalue weighted by Crippen LogP contribution is 1.90. The Morgan fingerprint density at radius 1 is 1.50 bits per heavy atom. The Hall–Kier alpha value is -0.570. The summed E-state index contributed by atoms with van der Waals surface area (Å²) in [5.41, 5.74) is 0. The largest absolute Gasteiger partial charge is 0.381 e. The first-order valence-electron chi connectivity index (χ1n) is 4.57. The second kappa shape index (κ2) is 7.10. The molecule has 0 aromatic heterocycles. The van der Waals surface area contributed by atoms with E-state index >= 15 is 0 Å². The molecule has 0 aliphatic rings. The van der Waals surface area contributed by atoms with E-state index in [0.717, 1.165) is 6.42 Å². The number of ether oxygens (including phenoxy) is 1. The normalized spacial score (nSPS) is 12.6. The van der Waals surface area contributed by atoms with Gasteiger partial charge in [0.05, 0.1) is 6.61 Å². The molecular formula is C9H19NO2. The highest BCUT2D eigenvalue weighted by molar-refractivity contribution is 5.76. The molecule has 3 nitrogen and oxygen atoms in total. The molecule has 0 saturated heterocycles. The number of hydrogen-bond acceptors (Lipinski definition) is 2. The van der Waals surface area contributed by atoms with Crippen LogP contribution < -0.4 is 5.32 Å². The second-order valence-electron chi connectivity index (χ2n) is 2.82. The van der Waals surface area contributed by atoms with Crippen LogP contribution in [0, 0.1) is 0 Å². The minimum absolute atomic E-state index is 0.0813. The van der Waals surface area contributed by atoms with E-state index in [1.165, 1.54) is 0 Å². The molecule has 0 bridgehead atoms. The standard InChI is InChI=1S/C9H19NO2/c1-4-8(3)10-9(11)6-7-12-5-2/h8H,4-7H2,1-3H3,(H,10,11). The molecule has 0 saturated carbocycles. The summed E-state index contributed by atoms with van der Waals surface area (Å²) >= 11 is 0. The van der Waals surface area contributed by atoms with Crippen LogP contribution >= 0.6 is 0 Å². The fourth-order valence-electron chi connectivity index (χ4n) is 0.758. The van der Waals surface area contributed by atoms with Crippen LogP contribution in [0.15, 0.2) is 0 Å². The molecule has 0 radical (unpaired) electrons. The van der Waals surface area contributed by atoms with Crippen LogP contribution in [-0.2, 0) is 9.53 Å². The molecule has 0 spiro atoms. The number of carbonyl (C=O) groups is 1. The van der Waals surface area contributed by atoms with E-state index in [1.807, 2.05) is 20.8 Å². The fourth-order valence-corrected chi connectivity index (χ4v) is 0.758. The van der Waals surface area contributed by atoms with Gasteiger partial charge >= 0.3 is 0 Å². The third-order valence-corrected chi connectivity index (χ3v) is 1.70. The Morgan fingerprint density at radius 3 is 2.67 bits per heavy atom. The molecule has 3 heteroatoms. The first kappa shape index (κ1) is 11.4. The van der Waals surface area contributed by atoms with E-state index in [9.17, 15) is 4.79 Å². The SMILES string of the molecule is CCOCCC(=O)NC(C)CC. The predicted octanol–water partition coefficient (Wildman–Crippen LogP) is 1.33. The fraction of sp³-hybridized carbons (Fsp3) is 0.889. The predicted molar refractivity (Wildman–Crippen MR) is 49.0 cm³/mol. The van der Waals surface area contributed by atoms with Crippen LogP contribution in [0.4, 0.5) is 0 Å². The van der Waals surface area contributed by atoms with E-state index in [2.05, 4.69) is 5.32 Å². The summed E-state index contributed by atoms with van der Waals surface area (Å²) in [6.45, 7) is 7.17. The molecule has 72 valence electrons. The van der Waals surface area contributed by atoms with Gasteiger partial charge in [-0.1, -0.05) is 6.92 Å². The van der Waals surface area contributed by atoms with Crippen molar-refractivity contribution in [1.29, 1.82) is 0 Å². The lowest BCUT2D eigenvalue weighted by molar-refractivity contribution is -0.122. The molecule has 0 aliphatic carbocycles. The zero-order valence-electron chi connectivity index (χ0n) is 8.22. The smallest absolute Gasteiger partial charge is 0.222 e. The molecule has 0 aromatic rings. The molecule has 0 fully saturated rings. The molecule has 0 aliphatic heterocycles. The van der Waals surface area contributed by atoms with Gasteiger partial charge in [-0.2, -0.15) is 0 Å². The Bertz CT molecular complexity index is 126. The summed E-state index contributed by atoms with van der Waals surface area (Å²) in [5.74, 6) is 0.0813. The summed E-state index contributed by atoms with van der Waals surface area (Å²) in [4.78, 5) is 11.1. The zero-order chi connectivity index (χ0) is 9.40. The maximum absolute atomic E-state index is 11.1. The van der Waals surface area contributed by atoms with Crippen LogP contribution in [0.5, 0.6) is 0 Å². The van der Waals surface area contributed by atoms with E-state index in [-0.39, 0.29) is 11.9 Å². The zero-order valence-corrected chi connectivity index (χ0v) is 8.22. The van der Waals surface area contributed by atoms with Crippen molar-refractivity contribution in [3.05, 3.63) is 0 Å². The van der Waals surface area contributed by atoms with Gasteiger partial charge in [0, 0.05) is 19.1 Å². The van der Waals surface area contributed by atoms with Gasteiger partial charge in [0.25, 0.3) is 0 Å². The van der Waals surface area contributed by atoms with Gasteiger partial charge in [-0.15, -0.1) is 0 Å². The molecule has 0 rings (SSSR count). The van der Waals surface area contributed by atoms with Crippen LogP contribution in [0.1, 0.15) is 33.6 Å². The first-order chi connectivity index (χ1) is 5.70. The van der Waals surface area contributed by atoms with Crippen molar-refractivity contribution < 1.29 is 9.53 Å². The molecule has 0 heterocycles.